The Morgan fingerprint density at radius 3 is 2.78 bits per heavy atom. The summed E-state index contributed by atoms with van der Waals surface area (Å²) in [5.41, 5.74) is 0. The summed E-state index contributed by atoms with van der Waals surface area (Å²) in [4.78, 5) is 11.5. The van der Waals surface area contributed by atoms with Gasteiger partial charge in [-0.3, -0.25) is 4.79 Å². The first-order valence-electron chi connectivity index (χ1n) is 6.50. The molecular formula is C13H19NO4. The van der Waals surface area contributed by atoms with E-state index >= 15 is 0 Å². The van der Waals surface area contributed by atoms with E-state index in [1.54, 1.807) is 0 Å². The molecule has 18 heavy (non-hydrogen) atoms. The molecule has 0 radical (unpaired) electrons. The number of carbonyl (C=O) groups is 1. The molecule has 3 rings (SSSR count). The fourth-order valence-electron chi connectivity index (χ4n) is 2.99. The van der Waals surface area contributed by atoms with E-state index in [0.717, 1.165) is 6.42 Å². The predicted octanol–water partition coefficient (Wildman–Crippen LogP) is 0.738. The number of nitrogens with one attached hydrogen (secondary N) is 1. The summed E-state index contributed by atoms with van der Waals surface area (Å²) < 4.78 is 17.9. The summed E-state index contributed by atoms with van der Waals surface area (Å²) >= 11 is 0. The van der Waals surface area contributed by atoms with Gasteiger partial charge in [-0.25, -0.2) is 0 Å². The van der Waals surface area contributed by atoms with Crippen LogP contribution in [0, 0.1) is 0 Å². The number of hydrogen-bond acceptors (Lipinski definition) is 4. The van der Waals surface area contributed by atoms with E-state index in [4.69, 9.17) is 14.2 Å². The van der Waals surface area contributed by atoms with Crippen molar-refractivity contribution in [3.63, 3.8) is 0 Å². The number of amides is 1. The maximum Gasteiger partial charge on any atom is 0.244 e. The first-order valence-corrected chi connectivity index (χ1v) is 6.50. The quantitative estimate of drug-likeness (QED) is 0.749. The third-order valence-corrected chi connectivity index (χ3v) is 3.72. The molecule has 2 unspecified atom stereocenters. The van der Waals surface area contributed by atoms with E-state index < -0.39 is 5.79 Å². The van der Waals surface area contributed by atoms with Crippen LogP contribution in [0.25, 0.3) is 0 Å². The molecule has 3 aliphatic rings. The van der Waals surface area contributed by atoms with Gasteiger partial charge < -0.3 is 19.5 Å². The second-order valence-electron chi connectivity index (χ2n) is 5.51. The molecule has 3 aliphatic heterocycles. The zero-order chi connectivity index (χ0) is 12.9. The van der Waals surface area contributed by atoms with Crippen LogP contribution in [0.1, 0.15) is 27.2 Å². The van der Waals surface area contributed by atoms with Crippen molar-refractivity contribution < 1.29 is 19.0 Å². The van der Waals surface area contributed by atoms with Crippen molar-refractivity contribution >= 4 is 5.91 Å². The minimum atomic E-state index is -0.618. The van der Waals surface area contributed by atoms with Gasteiger partial charge in [0.15, 0.2) is 5.79 Å². The van der Waals surface area contributed by atoms with E-state index in [0.29, 0.717) is 0 Å². The van der Waals surface area contributed by atoms with Gasteiger partial charge in [0.1, 0.15) is 12.2 Å². The van der Waals surface area contributed by atoms with Crippen molar-refractivity contribution in [2.24, 2.45) is 0 Å². The number of carbonyl (C=O) groups excluding carboxylic acids is 1. The summed E-state index contributed by atoms with van der Waals surface area (Å²) in [5, 5.41) is 2.92. The van der Waals surface area contributed by atoms with Gasteiger partial charge in [0.25, 0.3) is 0 Å². The second-order valence-corrected chi connectivity index (χ2v) is 5.51. The van der Waals surface area contributed by atoms with E-state index in [9.17, 15) is 4.79 Å². The molecule has 0 spiro atoms. The molecule has 0 aromatic rings. The average molecular weight is 253 g/mol. The van der Waals surface area contributed by atoms with Crippen molar-refractivity contribution in [1.29, 1.82) is 0 Å². The van der Waals surface area contributed by atoms with Gasteiger partial charge in [-0.1, -0.05) is 6.92 Å². The fraction of sp³-hybridized carbons (Fsp3) is 0.769. The molecule has 5 nitrogen and oxygen atoms in total. The zero-order valence-electron chi connectivity index (χ0n) is 10.9. The van der Waals surface area contributed by atoms with Crippen molar-refractivity contribution in [3.05, 3.63) is 12.2 Å². The monoisotopic (exact) mass is 253 g/mol. The predicted molar refractivity (Wildman–Crippen MR) is 63.8 cm³/mol. The van der Waals surface area contributed by atoms with E-state index in [1.807, 2.05) is 19.9 Å². The maximum absolute atomic E-state index is 11.5. The molecular weight excluding hydrogens is 234 g/mol. The SMILES string of the molecule is CC[C@H]1OC2C=CC(=O)NC2[C@H]2OC(C)(C)O[C@H]21. The third kappa shape index (κ3) is 1.86. The molecule has 5 atom stereocenters. The first kappa shape index (κ1) is 12.1. The highest BCUT2D eigenvalue weighted by Gasteiger charge is 2.54. The van der Waals surface area contributed by atoms with Gasteiger partial charge in [-0.05, 0) is 26.3 Å². The van der Waals surface area contributed by atoms with Crippen LogP contribution in [0.3, 0.4) is 0 Å². The molecule has 2 saturated heterocycles. The lowest BCUT2D eigenvalue weighted by Crippen LogP contribution is -2.63. The zero-order valence-corrected chi connectivity index (χ0v) is 10.9. The lowest BCUT2D eigenvalue weighted by atomic mass is 9.90. The molecule has 0 bridgehead atoms. The molecule has 0 aromatic carbocycles. The lowest BCUT2D eigenvalue weighted by Gasteiger charge is -2.42. The Morgan fingerprint density at radius 1 is 1.33 bits per heavy atom. The molecule has 0 aromatic heterocycles. The van der Waals surface area contributed by atoms with E-state index in [-0.39, 0.29) is 36.4 Å². The highest BCUT2D eigenvalue weighted by Crippen LogP contribution is 2.39. The van der Waals surface area contributed by atoms with Crippen LogP contribution in [-0.2, 0) is 19.0 Å². The van der Waals surface area contributed by atoms with Crippen molar-refractivity contribution in [2.75, 3.05) is 0 Å². The maximum atomic E-state index is 11.5. The molecule has 1 N–H and O–H groups in total. The minimum Gasteiger partial charge on any atom is -0.366 e. The highest BCUT2D eigenvalue weighted by molar-refractivity contribution is 5.89. The number of fused-ring (bicyclic) bond motifs is 3. The van der Waals surface area contributed by atoms with Gasteiger partial charge in [-0.15, -0.1) is 0 Å². The molecule has 5 heteroatoms. The fourth-order valence-corrected chi connectivity index (χ4v) is 2.99. The van der Waals surface area contributed by atoms with Gasteiger partial charge in [-0.2, -0.15) is 0 Å². The second kappa shape index (κ2) is 4.05. The summed E-state index contributed by atoms with van der Waals surface area (Å²) in [6, 6.07) is -0.155. The largest absolute Gasteiger partial charge is 0.366 e. The molecule has 0 aliphatic carbocycles. The number of ether oxygens (including phenoxy) is 3. The van der Waals surface area contributed by atoms with Crippen LogP contribution in [0.15, 0.2) is 12.2 Å². The third-order valence-electron chi connectivity index (χ3n) is 3.72. The highest BCUT2D eigenvalue weighted by atomic mass is 16.8. The molecule has 3 heterocycles. The summed E-state index contributed by atoms with van der Waals surface area (Å²) in [6.45, 7) is 5.86. The van der Waals surface area contributed by atoms with Crippen molar-refractivity contribution in [2.45, 2.75) is 63.4 Å². The van der Waals surface area contributed by atoms with Gasteiger partial charge in [0.2, 0.25) is 5.91 Å². The summed E-state index contributed by atoms with van der Waals surface area (Å²) in [6.07, 6.45) is 3.84. The molecule has 0 saturated carbocycles. The van der Waals surface area contributed by atoms with Crippen LogP contribution < -0.4 is 5.32 Å². The Kier molecular flexibility index (Phi) is 2.73. The lowest BCUT2D eigenvalue weighted by molar-refractivity contribution is -0.156. The molecule has 1 amide bonds. The molecule has 2 fully saturated rings. The smallest absolute Gasteiger partial charge is 0.244 e. The van der Waals surface area contributed by atoms with Crippen LogP contribution >= 0.6 is 0 Å². The first-order chi connectivity index (χ1) is 8.50. The Morgan fingerprint density at radius 2 is 2.06 bits per heavy atom. The van der Waals surface area contributed by atoms with Crippen LogP contribution in [0.5, 0.6) is 0 Å². The summed E-state index contributed by atoms with van der Waals surface area (Å²) in [5.74, 6) is -0.714. The number of hydrogen-bond donors (Lipinski definition) is 1. The molecule has 100 valence electrons. The summed E-state index contributed by atoms with van der Waals surface area (Å²) in [7, 11) is 0. The van der Waals surface area contributed by atoms with Crippen LogP contribution in [-0.4, -0.2) is 42.2 Å². The number of rotatable bonds is 1. The Balaban J connectivity index is 1.90. The average Bonchev–Trinajstić information content (AvgIpc) is 2.64. The Bertz CT molecular complexity index is 392. The topological polar surface area (TPSA) is 56.8 Å². The van der Waals surface area contributed by atoms with Gasteiger partial charge in [0.05, 0.1) is 18.2 Å². The van der Waals surface area contributed by atoms with E-state index in [1.165, 1.54) is 6.08 Å². The Hall–Kier alpha value is -0.910. The van der Waals surface area contributed by atoms with Crippen molar-refractivity contribution in [1.82, 2.24) is 5.32 Å². The van der Waals surface area contributed by atoms with E-state index in [2.05, 4.69) is 12.2 Å². The van der Waals surface area contributed by atoms with Crippen molar-refractivity contribution in [3.8, 4) is 0 Å². The van der Waals surface area contributed by atoms with Gasteiger partial charge >= 0.3 is 0 Å². The van der Waals surface area contributed by atoms with Gasteiger partial charge in [0, 0.05) is 6.08 Å². The van der Waals surface area contributed by atoms with Crippen LogP contribution in [0.2, 0.25) is 0 Å². The standard InChI is InChI=1S/C13H19NO4/c1-4-7-11-12(18-13(2,3)17-11)10-8(16-7)5-6-9(15)14-10/h5-8,10-12H,4H2,1-3H3,(H,14,15)/t7-,8?,10?,11+,12-/m1/s1. The minimum absolute atomic E-state index is 0.0117. The van der Waals surface area contributed by atoms with Crippen LogP contribution in [0.4, 0.5) is 0 Å². The normalized spacial score (nSPS) is 45.3. The Labute approximate surface area is 106 Å².